The number of hydrogen-bond donors (Lipinski definition) is 2. The Morgan fingerprint density at radius 1 is 0.848 bits per heavy atom. The van der Waals surface area contributed by atoms with E-state index in [0.29, 0.717) is 22.1 Å². The second-order valence-corrected chi connectivity index (χ2v) is 11.2. The van der Waals surface area contributed by atoms with Crippen molar-refractivity contribution in [2.24, 2.45) is 0 Å². The maximum Gasteiger partial charge on any atom is 0.261 e. The molecule has 0 unspecified atom stereocenters. The van der Waals surface area contributed by atoms with Crippen LogP contribution in [0, 0.1) is 0 Å². The molecule has 0 saturated carbocycles. The first-order valence-corrected chi connectivity index (χ1v) is 13.4. The van der Waals surface area contributed by atoms with Crippen LogP contribution in [0.15, 0.2) is 83.8 Å². The Morgan fingerprint density at radius 2 is 1.39 bits per heavy atom. The third-order valence-electron chi connectivity index (χ3n) is 4.63. The number of sulfonamides is 2. The second kappa shape index (κ2) is 9.82. The lowest BCUT2D eigenvalue weighted by Crippen LogP contribution is -2.45. The van der Waals surface area contributed by atoms with Crippen LogP contribution in [-0.2, 0) is 24.8 Å². The van der Waals surface area contributed by atoms with Gasteiger partial charge in [0.25, 0.3) is 10.0 Å². The summed E-state index contributed by atoms with van der Waals surface area (Å²) < 4.78 is 53.3. The summed E-state index contributed by atoms with van der Waals surface area (Å²) in [6.45, 7) is 1.47. The van der Waals surface area contributed by atoms with E-state index < -0.39 is 32.0 Å². The van der Waals surface area contributed by atoms with Gasteiger partial charge in [-0.25, -0.2) is 16.8 Å². The van der Waals surface area contributed by atoms with Crippen molar-refractivity contribution in [3.63, 3.8) is 0 Å². The summed E-state index contributed by atoms with van der Waals surface area (Å²) in [6, 6.07) is 19.0. The Kier molecular flexibility index (Phi) is 7.31. The number of amides is 1. The molecule has 0 bridgehead atoms. The molecule has 33 heavy (non-hydrogen) atoms. The van der Waals surface area contributed by atoms with Gasteiger partial charge in [-0.3, -0.25) is 13.8 Å². The fourth-order valence-electron chi connectivity index (χ4n) is 3.08. The summed E-state index contributed by atoms with van der Waals surface area (Å²) in [5.74, 6) is -0.570. The Labute approximate surface area is 198 Å². The quantitative estimate of drug-likeness (QED) is 0.479. The molecule has 8 nitrogen and oxygen atoms in total. The third-order valence-corrected chi connectivity index (χ3v) is 7.52. The summed E-state index contributed by atoms with van der Waals surface area (Å²) in [5, 5.41) is 3.10. The number of rotatable bonds is 8. The van der Waals surface area contributed by atoms with Gasteiger partial charge in [0.15, 0.2) is 0 Å². The molecule has 1 atom stereocenters. The van der Waals surface area contributed by atoms with Crippen LogP contribution in [0.4, 0.5) is 17.1 Å². The number of anilines is 3. The summed E-state index contributed by atoms with van der Waals surface area (Å²) in [5.41, 5.74) is 1.03. The maximum atomic E-state index is 12.8. The standard InChI is InChI=1S/C22H22ClN3O5S2/c1-16(26(32(2,28)29)20-6-4-3-5-7-20)22(27)24-18-12-14-21(15-13-18)33(30,31)25-19-10-8-17(23)9-11-19/h3-16,25H,1-2H3,(H,24,27)/t16-/m0/s1. The molecule has 0 aliphatic rings. The van der Waals surface area contributed by atoms with Crippen LogP contribution in [0.5, 0.6) is 0 Å². The third kappa shape index (κ3) is 6.25. The SMILES string of the molecule is C[C@@H](C(=O)Nc1ccc(S(=O)(=O)Nc2ccc(Cl)cc2)cc1)N(c1ccccc1)S(C)(=O)=O. The van der Waals surface area contributed by atoms with Gasteiger partial charge >= 0.3 is 0 Å². The fraction of sp³-hybridized carbons (Fsp3) is 0.136. The van der Waals surface area contributed by atoms with Crippen molar-refractivity contribution >= 4 is 54.6 Å². The molecule has 0 aliphatic heterocycles. The van der Waals surface area contributed by atoms with Gasteiger partial charge in [0.1, 0.15) is 6.04 Å². The van der Waals surface area contributed by atoms with E-state index in [-0.39, 0.29) is 4.90 Å². The van der Waals surface area contributed by atoms with E-state index in [4.69, 9.17) is 11.6 Å². The molecular weight excluding hydrogens is 486 g/mol. The van der Waals surface area contributed by atoms with Gasteiger partial charge in [-0.1, -0.05) is 29.8 Å². The Morgan fingerprint density at radius 3 is 1.94 bits per heavy atom. The zero-order valence-corrected chi connectivity index (χ0v) is 20.2. The van der Waals surface area contributed by atoms with Gasteiger partial charge in [0, 0.05) is 16.4 Å². The van der Waals surface area contributed by atoms with Crippen molar-refractivity contribution < 1.29 is 21.6 Å². The first kappa shape index (κ1) is 24.6. The van der Waals surface area contributed by atoms with Crippen molar-refractivity contribution in [1.82, 2.24) is 0 Å². The van der Waals surface area contributed by atoms with Gasteiger partial charge in [0.05, 0.1) is 16.8 Å². The van der Waals surface area contributed by atoms with Crippen LogP contribution >= 0.6 is 11.6 Å². The number of hydrogen-bond acceptors (Lipinski definition) is 5. The number of halogens is 1. The molecule has 174 valence electrons. The second-order valence-electron chi connectivity index (χ2n) is 7.20. The number of nitrogens with zero attached hydrogens (tertiary/aromatic N) is 1. The summed E-state index contributed by atoms with van der Waals surface area (Å²) in [6.07, 6.45) is 1.02. The molecule has 0 radical (unpaired) electrons. The largest absolute Gasteiger partial charge is 0.324 e. The van der Waals surface area contributed by atoms with E-state index in [2.05, 4.69) is 10.0 Å². The number of carbonyl (C=O) groups excluding carboxylic acids is 1. The van der Waals surface area contributed by atoms with Gasteiger partial charge in [0.2, 0.25) is 15.9 Å². The molecule has 3 aromatic carbocycles. The zero-order valence-electron chi connectivity index (χ0n) is 17.8. The monoisotopic (exact) mass is 507 g/mol. The number of para-hydroxylation sites is 1. The molecular formula is C22H22ClN3O5S2. The molecule has 0 spiro atoms. The fourth-order valence-corrected chi connectivity index (χ4v) is 5.44. The first-order valence-electron chi connectivity index (χ1n) is 9.71. The summed E-state index contributed by atoms with van der Waals surface area (Å²) >= 11 is 5.81. The molecule has 0 aromatic heterocycles. The van der Waals surface area contributed by atoms with E-state index in [9.17, 15) is 21.6 Å². The molecule has 0 fully saturated rings. The van der Waals surface area contributed by atoms with E-state index >= 15 is 0 Å². The molecule has 3 aromatic rings. The Balaban J connectivity index is 1.74. The van der Waals surface area contributed by atoms with Crippen molar-refractivity contribution in [2.75, 3.05) is 20.6 Å². The lowest BCUT2D eigenvalue weighted by Gasteiger charge is -2.28. The van der Waals surface area contributed by atoms with Crippen LogP contribution in [0.1, 0.15) is 6.92 Å². The molecule has 1 amide bonds. The van der Waals surface area contributed by atoms with E-state index in [0.717, 1.165) is 10.6 Å². The Hall–Kier alpha value is -3.08. The molecule has 0 saturated heterocycles. The van der Waals surface area contributed by atoms with Gasteiger partial charge < -0.3 is 5.32 Å². The number of carbonyl (C=O) groups is 1. The number of benzene rings is 3. The molecule has 0 aliphatic carbocycles. The molecule has 2 N–H and O–H groups in total. The van der Waals surface area contributed by atoms with Gasteiger partial charge in [-0.05, 0) is 67.6 Å². The van der Waals surface area contributed by atoms with Crippen LogP contribution in [-0.4, -0.2) is 35.0 Å². The van der Waals surface area contributed by atoms with Gasteiger partial charge in [-0.2, -0.15) is 0 Å². The van der Waals surface area contributed by atoms with Crippen molar-refractivity contribution in [2.45, 2.75) is 17.9 Å². The van der Waals surface area contributed by atoms with E-state index in [1.807, 2.05) is 0 Å². The minimum Gasteiger partial charge on any atom is -0.324 e. The predicted octanol–water partition coefficient (Wildman–Crippen LogP) is 3.93. The van der Waals surface area contributed by atoms with Crippen molar-refractivity contribution in [3.8, 4) is 0 Å². The summed E-state index contributed by atoms with van der Waals surface area (Å²) in [4.78, 5) is 12.8. The minimum absolute atomic E-state index is 0.00875. The highest BCUT2D eigenvalue weighted by molar-refractivity contribution is 7.92. The average Bonchev–Trinajstić information content (AvgIpc) is 2.75. The first-order chi connectivity index (χ1) is 15.5. The molecule has 11 heteroatoms. The van der Waals surface area contributed by atoms with Gasteiger partial charge in [-0.15, -0.1) is 0 Å². The average molecular weight is 508 g/mol. The lowest BCUT2D eigenvalue weighted by molar-refractivity contribution is -0.116. The minimum atomic E-state index is -3.85. The normalized spacial score (nSPS) is 12.6. The Bertz CT molecular complexity index is 1330. The van der Waals surface area contributed by atoms with E-state index in [1.54, 1.807) is 42.5 Å². The van der Waals surface area contributed by atoms with Crippen LogP contribution < -0.4 is 14.3 Å². The highest BCUT2D eigenvalue weighted by Crippen LogP contribution is 2.23. The van der Waals surface area contributed by atoms with Crippen molar-refractivity contribution in [1.29, 1.82) is 0 Å². The molecule has 3 rings (SSSR count). The topological polar surface area (TPSA) is 113 Å². The predicted molar refractivity (Wildman–Crippen MR) is 131 cm³/mol. The highest BCUT2D eigenvalue weighted by atomic mass is 35.5. The van der Waals surface area contributed by atoms with Crippen LogP contribution in [0.25, 0.3) is 0 Å². The lowest BCUT2D eigenvalue weighted by atomic mass is 10.2. The highest BCUT2D eigenvalue weighted by Gasteiger charge is 2.29. The van der Waals surface area contributed by atoms with Crippen molar-refractivity contribution in [3.05, 3.63) is 83.9 Å². The van der Waals surface area contributed by atoms with Crippen LogP contribution in [0.2, 0.25) is 5.02 Å². The summed E-state index contributed by atoms with van der Waals surface area (Å²) in [7, 11) is -7.59. The van der Waals surface area contributed by atoms with Crippen LogP contribution in [0.3, 0.4) is 0 Å². The zero-order chi connectivity index (χ0) is 24.2. The number of nitrogens with one attached hydrogen (secondary N) is 2. The maximum absolute atomic E-state index is 12.8. The van der Waals surface area contributed by atoms with E-state index in [1.165, 1.54) is 43.3 Å². The molecule has 0 heterocycles. The smallest absolute Gasteiger partial charge is 0.261 e.